The van der Waals surface area contributed by atoms with Crippen molar-refractivity contribution in [1.82, 2.24) is 15.6 Å². The third kappa shape index (κ3) is 5.42. The van der Waals surface area contributed by atoms with Crippen molar-refractivity contribution in [2.24, 2.45) is 0 Å². The van der Waals surface area contributed by atoms with Gasteiger partial charge >= 0.3 is 0 Å². The minimum absolute atomic E-state index is 0.00292. The van der Waals surface area contributed by atoms with E-state index in [9.17, 15) is 9.59 Å². The number of amides is 2. The number of carbonyl (C=O) groups is 2. The molecule has 1 aliphatic rings. The molecular formula is C21H27N3O3. The molecule has 6 nitrogen and oxygen atoms in total. The molecule has 2 aromatic rings. The van der Waals surface area contributed by atoms with Crippen LogP contribution in [0.25, 0.3) is 11.5 Å². The molecule has 0 unspecified atom stereocenters. The minimum Gasteiger partial charge on any atom is -0.441 e. The van der Waals surface area contributed by atoms with Gasteiger partial charge in [0.25, 0.3) is 0 Å². The van der Waals surface area contributed by atoms with Crippen molar-refractivity contribution in [3.05, 3.63) is 41.3 Å². The topological polar surface area (TPSA) is 84.2 Å². The van der Waals surface area contributed by atoms with Gasteiger partial charge in [0, 0.05) is 11.6 Å². The second-order valence-electron chi connectivity index (χ2n) is 7.24. The fourth-order valence-electron chi connectivity index (χ4n) is 3.33. The van der Waals surface area contributed by atoms with E-state index in [4.69, 9.17) is 4.42 Å². The second kappa shape index (κ2) is 8.84. The Kier molecular flexibility index (Phi) is 6.27. The molecule has 0 radical (unpaired) electrons. The first-order valence-corrected chi connectivity index (χ1v) is 9.60. The Hall–Kier alpha value is -2.63. The van der Waals surface area contributed by atoms with Crippen LogP contribution < -0.4 is 10.6 Å². The molecule has 1 fully saturated rings. The molecule has 1 aromatic heterocycles. The number of hydrogen-bond donors (Lipinski definition) is 2. The van der Waals surface area contributed by atoms with Crippen LogP contribution in [0.5, 0.6) is 0 Å². The molecule has 0 spiro atoms. The zero-order valence-electron chi connectivity index (χ0n) is 16.0. The molecular weight excluding hydrogens is 342 g/mol. The normalized spacial score (nSPS) is 14.7. The van der Waals surface area contributed by atoms with Crippen molar-refractivity contribution >= 4 is 11.8 Å². The van der Waals surface area contributed by atoms with Gasteiger partial charge in [-0.2, -0.15) is 0 Å². The van der Waals surface area contributed by atoms with E-state index < -0.39 is 0 Å². The lowest BCUT2D eigenvalue weighted by Gasteiger charge is -2.22. The lowest BCUT2D eigenvalue weighted by Crippen LogP contribution is -2.43. The van der Waals surface area contributed by atoms with Crippen molar-refractivity contribution in [2.75, 3.05) is 6.54 Å². The van der Waals surface area contributed by atoms with Crippen LogP contribution >= 0.6 is 0 Å². The fourth-order valence-corrected chi connectivity index (χ4v) is 3.33. The highest BCUT2D eigenvalue weighted by Gasteiger charge is 2.17. The highest BCUT2D eigenvalue weighted by atomic mass is 16.4. The van der Waals surface area contributed by atoms with Gasteiger partial charge in [-0.25, -0.2) is 4.98 Å². The van der Waals surface area contributed by atoms with E-state index >= 15 is 0 Å². The summed E-state index contributed by atoms with van der Waals surface area (Å²) < 4.78 is 5.70. The van der Waals surface area contributed by atoms with Crippen LogP contribution in [-0.2, 0) is 16.0 Å². The van der Waals surface area contributed by atoms with Gasteiger partial charge in [-0.15, -0.1) is 0 Å². The molecule has 1 saturated carbocycles. The monoisotopic (exact) mass is 369 g/mol. The smallest absolute Gasteiger partial charge is 0.239 e. The second-order valence-corrected chi connectivity index (χ2v) is 7.24. The van der Waals surface area contributed by atoms with E-state index in [0.717, 1.165) is 36.8 Å². The molecule has 0 atom stereocenters. The molecule has 27 heavy (non-hydrogen) atoms. The largest absolute Gasteiger partial charge is 0.441 e. The summed E-state index contributed by atoms with van der Waals surface area (Å²) in [6.45, 7) is 3.81. The van der Waals surface area contributed by atoms with Gasteiger partial charge in [-0.3, -0.25) is 9.59 Å². The van der Waals surface area contributed by atoms with Crippen LogP contribution in [0.4, 0.5) is 0 Å². The first-order valence-electron chi connectivity index (χ1n) is 9.60. The molecule has 0 saturated heterocycles. The lowest BCUT2D eigenvalue weighted by molar-refractivity contribution is -0.126. The van der Waals surface area contributed by atoms with E-state index in [-0.39, 0.29) is 30.8 Å². The Morgan fingerprint density at radius 1 is 1.07 bits per heavy atom. The van der Waals surface area contributed by atoms with Gasteiger partial charge in [-0.1, -0.05) is 37.0 Å². The Bertz CT molecular complexity index is 790. The van der Waals surface area contributed by atoms with Gasteiger partial charge in [0.1, 0.15) is 5.76 Å². The molecule has 144 valence electrons. The van der Waals surface area contributed by atoms with Crippen LogP contribution in [0.2, 0.25) is 0 Å². The van der Waals surface area contributed by atoms with E-state index in [1.807, 2.05) is 31.2 Å². The zero-order valence-corrected chi connectivity index (χ0v) is 16.0. The van der Waals surface area contributed by atoms with Gasteiger partial charge in [0.05, 0.1) is 18.7 Å². The number of aryl methyl sites for hydroxylation is 2. The fraction of sp³-hybridized carbons (Fsp3) is 0.476. The number of nitrogens with zero attached hydrogens (tertiary/aromatic N) is 1. The summed E-state index contributed by atoms with van der Waals surface area (Å²) in [5, 5.41) is 5.66. The Morgan fingerprint density at radius 3 is 2.48 bits per heavy atom. The quantitative estimate of drug-likeness (QED) is 0.820. The van der Waals surface area contributed by atoms with Crippen molar-refractivity contribution in [3.8, 4) is 11.5 Å². The lowest BCUT2D eigenvalue weighted by atomic mass is 9.95. The number of aromatic nitrogens is 1. The summed E-state index contributed by atoms with van der Waals surface area (Å²) in [6, 6.07) is 8.12. The molecule has 2 N–H and O–H groups in total. The van der Waals surface area contributed by atoms with Crippen molar-refractivity contribution < 1.29 is 14.0 Å². The molecule has 6 heteroatoms. The average molecular weight is 369 g/mol. The summed E-state index contributed by atoms with van der Waals surface area (Å²) >= 11 is 0. The number of oxazole rings is 1. The third-order valence-corrected chi connectivity index (χ3v) is 4.94. The summed E-state index contributed by atoms with van der Waals surface area (Å²) in [7, 11) is 0. The summed E-state index contributed by atoms with van der Waals surface area (Å²) in [6.07, 6.45) is 5.71. The number of nitrogens with one attached hydrogen (secondary N) is 2. The maximum Gasteiger partial charge on any atom is 0.239 e. The molecule has 0 bridgehead atoms. The van der Waals surface area contributed by atoms with Gasteiger partial charge in [0.15, 0.2) is 0 Å². The Labute approximate surface area is 159 Å². The van der Waals surface area contributed by atoms with E-state index in [1.54, 1.807) is 6.92 Å². The highest BCUT2D eigenvalue weighted by Crippen LogP contribution is 2.22. The summed E-state index contributed by atoms with van der Waals surface area (Å²) in [4.78, 5) is 28.6. The molecule has 1 aliphatic carbocycles. The molecule has 1 aromatic carbocycles. The van der Waals surface area contributed by atoms with Crippen LogP contribution in [-0.4, -0.2) is 29.4 Å². The standard InChI is InChI=1S/C21H27N3O3/c1-14-8-10-16(11-9-14)21-24-18(15(2)27-21)12-19(25)22-13-20(26)23-17-6-4-3-5-7-17/h8-11,17H,3-7,12-13H2,1-2H3,(H,22,25)(H,23,26). The summed E-state index contributed by atoms with van der Waals surface area (Å²) in [5.41, 5.74) is 2.63. The SMILES string of the molecule is Cc1ccc(-c2nc(CC(=O)NCC(=O)NC3CCCCC3)c(C)o2)cc1. The predicted octanol–water partition coefficient (Wildman–Crippen LogP) is 3.07. The van der Waals surface area contributed by atoms with E-state index in [0.29, 0.717) is 17.3 Å². The van der Waals surface area contributed by atoms with Crippen LogP contribution in [0.15, 0.2) is 28.7 Å². The number of benzene rings is 1. The summed E-state index contributed by atoms with van der Waals surface area (Å²) in [5.74, 6) is 0.755. The van der Waals surface area contributed by atoms with Crippen molar-refractivity contribution in [2.45, 2.75) is 58.4 Å². The molecule has 2 amide bonds. The maximum atomic E-state index is 12.2. The predicted molar refractivity (Wildman–Crippen MR) is 103 cm³/mol. The van der Waals surface area contributed by atoms with E-state index in [1.165, 1.54) is 6.42 Å². The first kappa shape index (κ1) is 19.1. The van der Waals surface area contributed by atoms with Gasteiger partial charge in [-0.05, 0) is 38.8 Å². The van der Waals surface area contributed by atoms with Crippen LogP contribution in [0.1, 0.15) is 49.1 Å². The minimum atomic E-state index is -0.236. The van der Waals surface area contributed by atoms with Crippen LogP contribution in [0, 0.1) is 13.8 Å². The third-order valence-electron chi connectivity index (χ3n) is 4.94. The average Bonchev–Trinajstić information content (AvgIpc) is 3.02. The number of hydrogen-bond acceptors (Lipinski definition) is 4. The highest BCUT2D eigenvalue weighted by molar-refractivity contribution is 5.85. The first-order chi connectivity index (χ1) is 13.0. The molecule has 0 aliphatic heterocycles. The molecule has 1 heterocycles. The van der Waals surface area contributed by atoms with Crippen molar-refractivity contribution in [1.29, 1.82) is 0 Å². The van der Waals surface area contributed by atoms with Gasteiger partial charge in [0.2, 0.25) is 17.7 Å². The van der Waals surface area contributed by atoms with Crippen LogP contribution in [0.3, 0.4) is 0 Å². The van der Waals surface area contributed by atoms with Gasteiger partial charge < -0.3 is 15.1 Å². The van der Waals surface area contributed by atoms with E-state index in [2.05, 4.69) is 15.6 Å². The van der Waals surface area contributed by atoms with Crippen molar-refractivity contribution in [3.63, 3.8) is 0 Å². The Morgan fingerprint density at radius 2 is 1.78 bits per heavy atom. The Balaban J connectivity index is 1.50. The number of carbonyl (C=O) groups excluding carboxylic acids is 2. The number of rotatable bonds is 6. The maximum absolute atomic E-state index is 12.2. The zero-order chi connectivity index (χ0) is 19.2. The molecule has 3 rings (SSSR count).